The molecule has 1 aromatic heterocycles. The number of rotatable bonds is 3. The number of hydrogen-bond acceptors (Lipinski definition) is 3. The average Bonchev–Trinajstić information content (AvgIpc) is 2.66. The minimum Gasteiger partial charge on any atom is -0.467 e. The standard InChI is InChI=1S/C12H14O3/c1-8-6-9(2)12(15-7-13-3)10-4-5-14-11(8)10/h4-6H,7H2,1-3H3. The van der Waals surface area contributed by atoms with E-state index < -0.39 is 0 Å². The summed E-state index contributed by atoms with van der Waals surface area (Å²) >= 11 is 0. The van der Waals surface area contributed by atoms with E-state index in [4.69, 9.17) is 13.9 Å². The molecule has 80 valence electrons. The molecule has 0 saturated heterocycles. The van der Waals surface area contributed by atoms with Crippen LogP contribution >= 0.6 is 0 Å². The summed E-state index contributed by atoms with van der Waals surface area (Å²) in [5.74, 6) is 0.839. The highest BCUT2D eigenvalue weighted by Crippen LogP contribution is 2.32. The van der Waals surface area contributed by atoms with Gasteiger partial charge in [-0.15, -0.1) is 0 Å². The Hall–Kier alpha value is -1.48. The van der Waals surface area contributed by atoms with Crippen molar-refractivity contribution in [3.8, 4) is 5.75 Å². The summed E-state index contributed by atoms with van der Waals surface area (Å²) in [7, 11) is 1.61. The SMILES string of the molecule is COCOc1c(C)cc(C)c2occc12. The molecule has 0 aliphatic heterocycles. The van der Waals surface area contributed by atoms with Gasteiger partial charge in [0.05, 0.1) is 11.6 Å². The molecule has 0 bridgehead atoms. The number of ether oxygens (including phenoxy) is 2. The van der Waals surface area contributed by atoms with Gasteiger partial charge in [0, 0.05) is 7.11 Å². The van der Waals surface area contributed by atoms with Crippen molar-refractivity contribution in [1.82, 2.24) is 0 Å². The van der Waals surface area contributed by atoms with Gasteiger partial charge in [-0.25, -0.2) is 0 Å². The second kappa shape index (κ2) is 3.95. The van der Waals surface area contributed by atoms with Crippen molar-refractivity contribution in [2.75, 3.05) is 13.9 Å². The van der Waals surface area contributed by atoms with Crippen LogP contribution in [0.25, 0.3) is 11.0 Å². The largest absolute Gasteiger partial charge is 0.467 e. The van der Waals surface area contributed by atoms with E-state index >= 15 is 0 Å². The van der Waals surface area contributed by atoms with Crippen molar-refractivity contribution in [3.63, 3.8) is 0 Å². The molecule has 1 heterocycles. The molecule has 2 rings (SSSR count). The maximum Gasteiger partial charge on any atom is 0.188 e. The normalized spacial score (nSPS) is 10.9. The van der Waals surface area contributed by atoms with Gasteiger partial charge in [-0.3, -0.25) is 0 Å². The highest BCUT2D eigenvalue weighted by molar-refractivity contribution is 5.87. The van der Waals surface area contributed by atoms with Gasteiger partial charge in [-0.05, 0) is 37.1 Å². The molecule has 0 amide bonds. The average molecular weight is 206 g/mol. The first-order valence-electron chi connectivity index (χ1n) is 4.83. The lowest BCUT2D eigenvalue weighted by Crippen LogP contribution is -2.00. The number of aryl methyl sites for hydroxylation is 2. The lowest BCUT2D eigenvalue weighted by Gasteiger charge is -2.10. The third-order valence-corrected chi connectivity index (χ3v) is 2.38. The lowest BCUT2D eigenvalue weighted by molar-refractivity contribution is 0.0517. The summed E-state index contributed by atoms with van der Waals surface area (Å²) in [6.45, 7) is 4.30. The number of furan rings is 1. The van der Waals surface area contributed by atoms with Gasteiger partial charge >= 0.3 is 0 Å². The molecule has 15 heavy (non-hydrogen) atoms. The fourth-order valence-electron chi connectivity index (χ4n) is 1.77. The van der Waals surface area contributed by atoms with Gasteiger partial charge in [0.1, 0.15) is 11.3 Å². The van der Waals surface area contributed by atoms with Gasteiger partial charge in [0.25, 0.3) is 0 Å². The Kier molecular flexibility index (Phi) is 2.64. The van der Waals surface area contributed by atoms with E-state index in [-0.39, 0.29) is 6.79 Å². The number of benzene rings is 1. The van der Waals surface area contributed by atoms with E-state index in [1.54, 1.807) is 13.4 Å². The van der Waals surface area contributed by atoms with Crippen LogP contribution in [0.1, 0.15) is 11.1 Å². The number of hydrogen-bond donors (Lipinski definition) is 0. The monoisotopic (exact) mass is 206 g/mol. The molecule has 0 spiro atoms. The Balaban J connectivity index is 2.55. The van der Waals surface area contributed by atoms with E-state index in [9.17, 15) is 0 Å². The van der Waals surface area contributed by atoms with E-state index in [0.717, 1.165) is 27.8 Å². The first kappa shape index (κ1) is 10.1. The maximum absolute atomic E-state index is 5.53. The molecule has 0 atom stereocenters. The molecule has 0 fully saturated rings. The van der Waals surface area contributed by atoms with E-state index in [1.807, 2.05) is 19.9 Å². The number of methoxy groups -OCH3 is 1. The van der Waals surface area contributed by atoms with Crippen LogP contribution < -0.4 is 4.74 Å². The summed E-state index contributed by atoms with van der Waals surface area (Å²) in [6, 6.07) is 3.97. The van der Waals surface area contributed by atoms with Gasteiger partial charge in [0.2, 0.25) is 0 Å². The summed E-state index contributed by atoms with van der Waals surface area (Å²) in [4.78, 5) is 0. The minimum atomic E-state index is 0.254. The van der Waals surface area contributed by atoms with E-state index in [1.165, 1.54) is 0 Å². The second-order valence-corrected chi connectivity index (χ2v) is 3.55. The Morgan fingerprint density at radius 2 is 2.07 bits per heavy atom. The second-order valence-electron chi connectivity index (χ2n) is 3.55. The Morgan fingerprint density at radius 1 is 1.27 bits per heavy atom. The third-order valence-electron chi connectivity index (χ3n) is 2.38. The van der Waals surface area contributed by atoms with Crippen LogP contribution in [0.4, 0.5) is 0 Å². The maximum atomic E-state index is 5.53. The predicted molar refractivity (Wildman–Crippen MR) is 58.2 cm³/mol. The molecular formula is C12H14O3. The Labute approximate surface area is 88.6 Å². The van der Waals surface area contributed by atoms with Crippen LogP contribution in [0, 0.1) is 13.8 Å². The fraction of sp³-hybridized carbons (Fsp3) is 0.333. The van der Waals surface area contributed by atoms with Gasteiger partial charge < -0.3 is 13.9 Å². The number of fused-ring (bicyclic) bond motifs is 1. The van der Waals surface area contributed by atoms with Crippen molar-refractivity contribution in [2.45, 2.75) is 13.8 Å². The Bertz CT molecular complexity index is 471. The van der Waals surface area contributed by atoms with Crippen molar-refractivity contribution < 1.29 is 13.9 Å². The lowest BCUT2D eigenvalue weighted by atomic mass is 10.1. The molecule has 3 nitrogen and oxygen atoms in total. The first-order chi connectivity index (χ1) is 7.24. The highest BCUT2D eigenvalue weighted by atomic mass is 16.7. The molecule has 0 saturated carbocycles. The van der Waals surface area contributed by atoms with Crippen molar-refractivity contribution >= 4 is 11.0 Å². The molecule has 0 radical (unpaired) electrons. The molecule has 0 aliphatic rings. The third kappa shape index (κ3) is 1.70. The van der Waals surface area contributed by atoms with Crippen molar-refractivity contribution in [2.24, 2.45) is 0 Å². The molecule has 0 N–H and O–H groups in total. The topological polar surface area (TPSA) is 31.6 Å². The smallest absolute Gasteiger partial charge is 0.188 e. The van der Waals surface area contributed by atoms with Crippen molar-refractivity contribution in [1.29, 1.82) is 0 Å². The molecule has 1 aromatic carbocycles. The zero-order valence-corrected chi connectivity index (χ0v) is 9.16. The van der Waals surface area contributed by atoms with Crippen LogP contribution in [0.3, 0.4) is 0 Å². The quantitative estimate of drug-likeness (QED) is 0.723. The van der Waals surface area contributed by atoms with Crippen LogP contribution in [0.2, 0.25) is 0 Å². The molecule has 3 heteroatoms. The van der Waals surface area contributed by atoms with Crippen LogP contribution in [-0.4, -0.2) is 13.9 Å². The zero-order chi connectivity index (χ0) is 10.8. The molecule has 0 aliphatic carbocycles. The van der Waals surface area contributed by atoms with Gasteiger partial charge in [-0.1, -0.05) is 0 Å². The summed E-state index contributed by atoms with van der Waals surface area (Å²) < 4.78 is 15.8. The van der Waals surface area contributed by atoms with Gasteiger partial charge in [0.15, 0.2) is 6.79 Å². The Morgan fingerprint density at radius 3 is 2.80 bits per heavy atom. The molecular weight excluding hydrogens is 192 g/mol. The van der Waals surface area contributed by atoms with Crippen LogP contribution in [-0.2, 0) is 4.74 Å². The molecule has 2 aromatic rings. The first-order valence-corrected chi connectivity index (χ1v) is 4.83. The highest BCUT2D eigenvalue weighted by Gasteiger charge is 2.10. The fourth-order valence-corrected chi connectivity index (χ4v) is 1.77. The minimum absolute atomic E-state index is 0.254. The van der Waals surface area contributed by atoms with Gasteiger partial charge in [-0.2, -0.15) is 0 Å². The van der Waals surface area contributed by atoms with Crippen LogP contribution in [0.15, 0.2) is 22.8 Å². The van der Waals surface area contributed by atoms with E-state index in [2.05, 4.69) is 6.07 Å². The van der Waals surface area contributed by atoms with E-state index in [0.29, 0.717) is 0 Å². The predicted octanol–water partition coefficient (Wildman–Crippen LogP) is 3.03. The van der Waals surface area contributed by atoms with Crippen LogP contribution in [0.5, 0.6) is 5.75 Å². The summed E-state index contributed by atoms with van der Waals surface area (Å²) in [5, 5.41) is 1.00. The van der Waals surface area contributed by atoms with Crippen molar-refractivity contribution in [3.05, 3.63) is 29.5 Å². The summed E-state index contributed by atoms with van der Waals surface area (Å²) in [5.41, 5.74) is 3.10. The zero-order valence-electron chi connectivity index (χ0n) is 9.16. The summed E-state index contributed by atoms with van der Waals surface area (Å²) in [6.07, 6.45) is 1.68. The molecule has 0 unspecified atom stereocenters.